The lowest BCUT2D eigenvalue weighted by molar-refractivity contribution is 0.0734. The molecule has 0 radical (unpaired) electrons. The molecule has 0 aliphatic carbocycles. The summed E-state index contributed by atoms with van der Waals surface area (Å²) in [7, 11) is 0. The normalized spacial score (nSPS) is 13.1. The molecule has 1 rings (SSSR count). The summed E-state index contributed by atoms with van der Waals surface area (Å²) >= 11 is 0. The van der Waals surface area contributed by atoms with Gasteiger partial charge in [0, 0.05) is 18.8 Å². The first kappa shape index (κ1) is 11.1. The number of hydrogen-bond donors (Lipinski definition) is 1. The molecule has 3 nitrogen and oxygen atoms in total. The largest absolute Gasteiger partial charge is 0.379 e. The second-order valence-electron chi connectivity index (χ2n) is 3.57. The first-order valence-corrected chi connectivity index (χ1v) is 4.98. The van der Waals surface area contributed by atoms with E-state index in [0.29, 0.717) is 6.61 Å². The zero-order valence-corrected chi connectivity index (χ0v) is 8.81. The molecule has 0 saturated carbocycles. The molecule has 0 saturated heterocycles. The molecule has 0 bridgehead atoms. The van der Waals surface area contributed by atoms with Gasteiger partial charge in [0.1, 0.15) is 0 Å². The van der Waals surface area contributed by atoms with Crippen molar-refractivity contribution in [3.8, 4) is 0 Å². The number of rotatable bonds is 5. The van der Waals surface area contributed by atoms with Crippen LogP contribution in [-0.4, -0.2) is 17.7 Å². The molecule has 14 heavy (non-hydrogen) atoms. The molecule has 0 fully saturated rings. The maximum Gasteiger partial charge on any atom is 0.0571 e. The fourth-order valence-electron chi connectivity index (χ4n) is 1.17. The van der Waals surface area contributed by atoms with Crippen molar-refractivity contribution in [2.75, 3.05) is 6.61 Å². The van der Waals surface area contributed by atoms with E-state index in [-0.39, 0.29) is 12.1 Å². The second kappa shape index (κ2) is 5.73. The fourth-order valence-corrected chi connectivity index (χ4v) is 1.17. The van der Waals surface area contributed by atoms with Crippen LogP contribution in [0.3, 0.4) is 0 Å². The summed E-state index contributed by atoms with van der Waals surface area (Å²) in [5.74, 6) is 0. The van der Waals surface area contributed by atoms with Gasteiger partial charge < -0.3 is 10.5 Å². The molecule has 1 unspecified atom stereocenters. The van der Waals surface area contributed by atoms with Crippen molar-refractivity contribution in [1.29, 1.82) is 0 Å². The van der Waals surface area contributed by atoms with Gasteiger partial charge in [-0.2, -0.15) is 0 Å². The van der Waals surface area contributed by atoms with E-state index in [1.165, 1.54) is 0 Å². The molecule has 78 valence electrons. The van der Waals surface area contributed by atoms with Gasteiger partial charge >= 0.3 is 0 Å². The lowest BCUT2D eigenvalue weighted by Crippen LogP contribution is -2.15. The molecule has 3 heteroatoms. The lowest BCUT2D eigenvalue weighted by atomic mass is 10.1. The standard InChI is InChI=1S/C11H18N2O/c1-9(2)14-8-6-10(12)11-5-3-4-7-13-11/h3-5,7,9-10H,6,8,12H2,1-2H3. The van der Waals surface area contributed by atoms with Crippen LogP contribution in [0, 0.1) is 0 Å². The van der Waals surface area contributed by atoms with Gasteiger partial charge in [-0.1, -0.05) is 6.07 Å². The Labute approximate surface area is 85.3 Å². The van der Waals surface area contributed by atoms with Gasteiger partial charge in [0.05, 0.1) is 11.8 Å². The average Bonchev–Trinajstić information content (AvgIpc) is 2.18. The second-order valence-corrected chi connectivity index (χ2v) is 3.57. The van der Waals surface area contributed by atoms with E-state index >= 15 is 0 Å². The van der Waals surface area contributed by atoms with Gasteiger partial charge in [-0.3, -0.25) is 4.98 Å². The van der Waals surface area contributed by atoms with Crippen LogP contribution in [0.15, 0.2) is 24.4 Å². The minimum Gasteiger partial charge on any atom is -0.379 e. The van der Waals surface area contributed by atoms with Gasteiger partial charge in [0.2, 0.25) is 0 Å². The Kier molecular flexibility index (Phi) is 4.56. The van der Waals surface area contributed by atoms with Gasteiger partial charge in [0.15, 0.2) is 0 Å². The Balaban J connectivity index is 2.32. The SMILES string of the molecule is CC(C)OCCC(N)c1ccccn1. The average molecular weight is 194 g/mol. The molecule has 0 aliphatic heterocycles. The maximum atomic E-state index is 5.94. The maximum absolute atomic E-state index is 5.94. The number of aromatic nitrogens is 1. The summed E-state index contributed by atoms with van der Waals surface area (Å²) in [5, 5.41) is 0. The van der Waals surface area contributed by atoms with Crippen LogP contribution < -0.4 is 5.73 Å². The molecule has 0 amide bonds. The van der Waals surface area contributed by atoms with E-state index in [2.05, 4.69) is 4.98 Å². The number of hydrogen-bond acceptors (Lipinski definition) is 3. The highest BCUT2D eigenvalue weighted by Gasteiger charge is 2.06. The predicted molar refractivity (Wildman–Crippen MR) is 56.9 cm³/mol. The van der Waals surface area contributed by atoms with Crippen molar-refractivity contribution in [3.63, 3.8) is 0 Å². The minimum absolute atomic E-state index is 0.0186. The van der Waals surface area contributed by atoms with E-state index in [1.54, 1.807) is 6.20 Å². The Morgan fingerprint density at radius 3 is 2.79 bits per heavy atom. The monoisotopic (exact) mass is 194 g/mol. The summed E-state index contributed by atoms with van der Waals surface area (Å²) in [4.78, 5) is 4.20. The quantitative estimate of drug-likeness (QED) is 0.778. The minimum atomic E-state index is -0.0186. The number of nitrogens with zero attached hydrogens (tertiary/aromatic N) is 1. The zero-order valence-electron chi connectivity index (χ0n) is 8.81. The molecule has 0 aromatic carbocycles. The summed E-state index contributed by atoms with van der Waals surface area (Å²) in [5.41, 5.74) is 6.87. The highest BCUT2D eigenvalue weighted by atomic mass is 16.5. The summed E-state index contributed by atoms with van der Waals surface area (Å²) in [6.45, 7) is 4.73. The van der Waals surface area contributed by atoms with Crippen molar-refractivity contribution in [2.24, 2.45) is 5.73 Å². The number of pyridine rings is 1. The molecule has 0 aliphatic rings. The van der Waals surface area contributed by atoms with E-state index in [0.717, 1.165) is 12.1 Å². The van der Waals surface area contributed by atoms with E-state index in [1.807, 2.05) is 32.0 Å². The third-order valence-corrected chi connectivity index (χ3v) is 1.95. The fraction of sp³-hybridized carbons (Fsp3) is 0.545. The Bertz CT molecular complexity index is 249. The highest BCUT2D eigenvalue weighted by molar-refractivity contribution is 5.07. The smallest absolute Gasteiger partial charge is 0.0571 e. The first-order valence-electron chi connectivity index (χ1n) is 4.98. The predicted octanol–water partition coefficient (Wildman–Crippen LogP) is 1.90. The first-order chi connectivity index (χ1) is 6.70. The molecule has 1 heterocycles. The van der Waals surface area contributed by atoms with Crippen LogP contribution >= 0.6 is 0 Å². The zero-order chi connectivity index (χ0) is 10.4. The van der Waals surface area contributed by atoms with Crippen LogP contribution in [0.4, 0.5) is 0 Å². The van der Waals surface area contributed by atoms with Crippen LogP contribution in [-0.2, 0) is 4.74 Å². The van der Waals surface area contributed by atoms with Gasteiger partial charge in [-0.25, -0.2) is 0 Å². The summed E-state index contributed by atoms with van der Waals surface area (Å²) in [6.07, 6.45) is 2.85. The van der Waals surface area contributed by atoms with Gasteiger partial charge in [0.25, 0.3) is 0 Å². The van der Waals surface area contributed by atoms with Crippen molar-refractivity contribution in [1.82, 2.24) is 4.98 Å². The number of ether oxygens (including phenoxy) is 1. The van der Waals surface area contributed by atoms with Crippen LogP contribution in [0.1, 0.15) is 32.0 Å². The van der Waals surface area contributed by atoms with Gasteiger partial charge in [-0.15, -0.1) is 0 Å². The Hall–Kier alpha value is -0.930. The molecule has 1 atom stereocenters. The van der Waals surface area contributed by atoms with E-state index in [9.17, 15) is 0 Å². The lowest BCUT2D eigenvalue weighted by Gasteiger charge is -2.12. The summed E-state index contributed by atoms with van der Waals surface area (Å²) in [6, 6.07) is 5.77. The van der Waals surface area contributed by atoms with Crippen molar-refractivity contribution >= 4 is 0 Å². The molecular weight excluding hydrogens is 176 g/mol. The molecule has 1 aromatic rings. The van der Waals surface area contributed by atoms with Crippen LogP contribution in [0.25, 0.3) is 0 Å². The third kappa shape index (κ3) is 3.85. The van der Waals surface area contributed by atoms with Crippen LogP contribution in [0.2, 0.25) is 0 Å². The number of nitrogens with two attached hydrogens (primary N) is 1. The molecule has 0 spiro atoms. The Morgan fingerprint density at radius 1 is 1.43 bits per heavy atom. The third-order valence-electron chi connectivity index (χ3n) is 1.95. The van der Waals surface area contributed by atoms with Crippen LogP contribution in [0.5, 0.6) is 0 Å². The molecule has 2 N–H and O–H groups in total. The Morgan fingerprint density at radius 2 is 2.21 bits per heavy atom. The van der Waals surface area contributed by atoms with E-state index in [4.69, 9.17) is 10.5 Å². The van der Waals surface area contributed by atoms with Crippen molar-refractivity contribution < 1.29 is 4.74 Å². The van der Waals surface area contributed by atoms with Crippen molar-refractivity contribution in [3.05, 3.63) is 30.1 Å². The van der Waals surface area contributed by atoms with E-state index < -0.39 is 0 Å². The highest BCUT2D eigenvalue weighted by Crippen LogP contribution is 2.10. The molecular formula is C11H18N2O. The van der Waals surface area contributed by atoms with Gasteiger partial charge in [-0.05, 0) is 32.4 Å². The topological polar surface area (TPSA) is 48.1 Å². The van der Waals surface area contributed by atoms with Crippen molar-refractivity contribution in [2.45, 2.75) is 32.4 Å². The summed E-state index contributed by atoms with van der Waals surface area (Å²) < 4.78 is 5.43. The molecule has 1 aromatic heterocycles.